The summed E-state index contributed by atoms with van der Waals surface area (Å²) in [5.41, 5.74) is 0.842. The Morgan fingerprint density at radius 2 is 2.05 bits per heavy atom. The molecule has 0 radical (unpaired) electrons. The highest BCUT2D eigenvalue weighted by Gasteiger charge is 2.20. The molecule has 2 rings (SSSR count). The van der Waals surface area contributed by atoms with E-state index in [0.717, 1.165) is 31.2 Å². The molecule has 2 N–H and O–H groups in total. The number of aliphatic hydroxyl groups is 1. The highest BCUT2D eigenvalue weighted by atomic mass is 19.1. The number of amides is 1. The van der Waals surface area contributed by atoms with Gasteiger partial charge in [-0.15, -0.1) is 0 Å². The quantitative estimate of drug-likeness (QED) is 0.876. The molecular formula is C15H20FNO2. The number of hydrogen-bond donors (Lipinski definition) is 2. The van der Waals surface area contributed by atoms with Gasteiger partial charge in [0.25, 0.3) is 0 Å². The van der Waals surface area contributed by atoms with Gasteiger partial charge >= 0.3 is 0 Å². The molecule has 3 nitrogen and oxygen atoms in total. The molecule has 104 valence electrons. The zero-order valence-electron chi connectivity index (χ0n) is 10.9. The van der Waals surface area contributed by atoms with Gasteiger partial charge in [0, 0.05) is 12.5 Å². The molecule has 19 heavy (non-hydrogen) atoms. The molecule has 1 aromatic carbocycles. The van der Waals surface area contributed by atoms with E-state index < -0.39 is 0 Å². The van der Waals surface area contributed by atoms with Crippen LogP contribution in [-0.4, -0.2) is 23.2 Å². The molecule has 0 spiro atoms. The summed E-state index contributed by atoms with van der Waals surface area (Å²) in [7, 11) is 0. The van der Waals surface area contributed by atoms with Crippen LogP contribution in [0.5, 0.6) is 0 Å². The van der Waals surface area contributed by atoms with E-state index in [4.69, 9.17) is 0 Å². The Morgan fingerprint density at radius 1 is 1.32 bits per heavy atom. The number of carbonyl (C=O) groups excluding carboxylic acids is 1. The summed E-state index contributed by atoms with van der Waals surface area (Å²) in [5.74, 6) is -0.259. The van der Waals surface area contributed by atoms with Crippen molar-refractivity contribution in [1.29, 1.82) is 0 Å². The molecular weight excluding hydrogens is 245 g/mol. The molecule has 1 fully saturated rings. The SMILES string of the molecule is O=C(CCc1cccc(F)c1)NC1CCC(O)CC1. The second-order valence-corrected chi connectivity index (χ2v) is 5.20. The molecule has 0 heterocycles. The van der Waals surface area contributed by atoms with Crippen molar-refractivity contribution in [3.8, 4) is 0 Å². The first-order chi connectivity index (χ1) is 9.13. The Labute approximate surface area is 112 Å². The Bertz CT molecular complexity index is 428. The summed E-state index contributed by atoms with van der Waals surface area (Å²) in [6.07, 6.45) is 3.92. The second kappa shape index (κ2) is 6.66. The number of nitrogens with one attached hydrogen (secondary N) is 1. The maximum atomic E-state index is 13.0. The lowest BCUT2D eigenvalue weighted by Gasteiger charge is -2.26. The molecule has 4 heteroatoms. The average Bonchev–Trinajstić information content (AvgIpc) is 2.39. The molecule has 0 unspecified atom stereocenters. The summed E-state index contributed by atoms with van der Waals surface area (Å²) in [6, 6.07) is 6.53. The minimum Gasteiger partial charge on any atom is -0.393 e. The van der Waals surface area contributed by atoms with Crippen molar-refractivity contribution in [2.24, 2.45) is 0 Å². The minimum absolute atomic E-state index is 0.00523. The van der Waals surface area contributed by atoms with Crippen LogP contribution in [0.1, 0.15) is 37.7 Å². The van der Waals surface area contributed by atoms with E-state index in [1.807, 2.05) is 6.07 Å². The number of aryl methyl sites for hydroxylation is 1. The van der Waals surface area contributed by atoms with Gasteiger partial charge in [-0.2, -0.15) is 0 Å². The maximum absolute atomic E-state index is 13.0. The molecule has 0 saturated heterocycles. The topological polar surface area (TPSA) is 49.3 Å². The summed E-state index contributed by atoms with van der Waals surface area (Å²) in [4.78, 5) is 11.8. The highest BCUT2D eigenvalue weighted by Crippen LogP contribution is 2.18. The molecule has 1 aliphatic carbocycles. The van der Waals surface area contributed by atoms with Gasteiger partial charge in [0.05, 0.1) is 6.10 Å². The predicted octanol–water partition coefficient (Wildman–Crippen LogP) is 2.18. The average molecular weight is 265 g/mol. The minimum atomic E-state index is -0.265. The Morgan fingerprint density at radius 3 is 2.74 bits per heavy atom. The zero-order valence-corrected chi connectivity index (χ0v) is 10.9. The third-order valence-corrected chi connectivity index (χ3v) is 3.59. The summed E-state index contributed by atoms with van der Waals surface area (Å²) >= 11 is 0. The third-order valence-electron chi connectivity index (χ3n) is 3.59. The van der Waals surface area contributed by atoms with Crippen LogP contribution in [0.2, 0.25) is 0 Å². The largest absolute Gasteiger partial charge is 0.393 e. The standard InChI is InChI=1S/C15H20FNO2/c16-12-3-1-2-11(10-12)4-9-15(19)17-13-5-7-14(18)8-6-13/h1-3,10,13-14,18H,4-9H2,(H,17,19). The van der Waals surface area contributed by atoms with Gasteiger partial charge in [-0.25, -0.2) is 4.39 Å². The summed E-state index contributed by atoms with van der Waals surface area (Å²) in [5, 5.41) is 12.4. The molecule has 0 aromatic heterocycles. The van der Waals surface area contributed by atoms with Gasteiger partial charge in [0.15, 0.2) is 0 Å². The van der Waals surface area contributed by atoms with Crippen molar-refractivity contribution in [3.63, 3.8) is 0 Å². The van der Waals surface area contributed by atoms with E-state index >= 15 is 0 Å². The zero-order chi connectivity index (χ0) is 13.7. The van der Waals surface area contributed by atoms with E-state index in [0.29, 0.717) is 12.8 Å². The highest BCUT2D eigenvalue weighted by molar-refractivity contribution is 5.76. The van der Waals surface area contributed by atoms with Crippen LogP contribution in [-0.2, 0) is 11.2 Å². The maximum Gasteiger partial charge on any atom is 0.220 e. The number of hydrogen-bond acceptors (Lipinski definition) is 2. The summed E-state index contributed by atoms with van der Waals surface area (Å²) < 4.78 is 13.0. The van der Waals surface area contributed by atoms with Crippen LogP contribution in [0, 0.1) is 5.82 Å². The van der Waals surface area contributed by atoms with E-state index in [2.05, 4.69) is 5.32 Å². The summed E-state index contributed by atoms with van der Waals surface area (Å²) in [6.45, 7) is 0. The lowest BCUT2D eigenvalue weighted by molar-refractivity contribution is -0.122. The Kier molecular flexibility index (Phi) is 4.91. The molecule has 0 bridgehead atoms. The first kappa shape index (κ1) is 14.0. The smallest absolute Gasteiger partial charge is 0.220 e. The lowest BCUT2D eigenvalue weighted by Crippen LogP contribution is -2.38. The predicted molar refractivity (Wildman–Crippen MR) is 71.1 cm³/mol. The number of benzene rings is 1. The van der Waals surface area contributed by atoms with Crippen molar-refractivity contribution in [1.82, 2.24) is 5.32 Å². The van der Waals surface area contributed by atoms with Gasteiger partial charge in [0.2, 0.25) is 5.91 Å². The third kappa shape index (κ3) is 4.63. The Hall–Kier alpha value is -1.42. The molecule has 1 amide bonds. The van der Waals surface area contributed by atoms with Gasteiger partial charge in [0.1, 0.15) is 5.82 Å². The van der Waals surface area contributed by atoms with E-state index in [1.54, 1.807) is 6.07 Å². The van der Waals surface area contributed by atoms with Crippen LogP contribution in [0.15, 0.2) is 24.3 Å². The van der Waals surface area contributed by atoms with Crippen LogP contribution >= 0.6 is 0 Å². The number of halogens is 1. The fourth-order valence-corrected chi connectivity index (χ4v) is 2.47. The van der Waals surface area contributed by atoms with Gasteiger partial charge in [-0.1, -0.05) is 12.1 Å². The molecule has 1 saturated carbocycles. The van der Waals surface area contributed by atoms with Gasteiger partial charge < -0.3 is 10.4 Å². The van der Waals surface area contributed by atoms with E-state index in [9.17, 15) is 14.3 Å². The van der Waals surface area contributed by atoms with E-state index in [-0.39, 0.29) is 23.9 Å². The first-order valence-electron chi connectivity index (χ1n) is 6.85. The van der Waals surface area contributed by atoms with Crippen molar-refractivity contribution in [3.05, 3.63) is 35.6 Å². The fourth-order valence-electron chi connectivity index (χ4n) is 2.47. The fraction of sp³-hybridized carbons (Fsp3) is 0.533. The monoisotopic (exact) mass is 265 g/mol. The lowest BCUT2D eigenvalue weighted by atomic mass is 9.93. The van der Waals surface area contributed by atoms with Gasteiger partial charge in [-0.05, 0) is 49.8 Å². The number of carbonyl (C=O) groups is 1. The molecule has 0 aliphatic heterocycles. The van der Waals surface area contributed by atoms with Crippen LogP contribution < -0.4 is 5.32 Å². The number of rotatable bonds is 4. The molecule has 0 atom stereocenters. The molecule has 1 aromatic rings. The first-order valence-corrected chi connectivity index (χ1v) is 6.85. The molecule has 1 aliphatic rings. The van der Waals surface area contributed by atoms with Crippen molar-refractivity contribution < 1.29 is 14.3 Å². The second-order valence-electron chi connectivity index (χ2n) is 5.20. The van der Waals surface area contributed by atoms with Crippen LogP contribution in [0.4, 0.5) is 4.39 Å². The van der Waals surface area contributed by atoms with Gasteiger partial charge in [-0.3, -0.25) is 4.79 Å². The van der Waals surface area contributed by atoms with Crippen LogP contribution in [0.3, 0.4) is 0 Å². The van der Waals surface area contributed by atoms with E-state index in [1.165, 1.54) is 12.1 Å². The Balaban J connectivity index is 1.73. The number of aliphatic hydroxyl groups excluding tert-OH is 1. The van der Waals surface area contributed by atoms with Crippen molar-refractivity contribution in [2.75, 3.05) is 0 Å². The van der Waals surface area contributed by atoms with Crippen molar-refractivity contribution in [2.45, 2.75) is 50.7 Å². The van der Waals surface area contributed by atoms with Crippen molar-refractivity contribution >= 4 is 5.91 Å². The normalized spacial score (nSPS) is 23.1. The van der Waals surface area contributed by atoms with Crippen LogP contribution in [0.25, 0.3) is 0 Å².